The molecule has 0 saturated carbocycles. The molecule has 0 aromatic heterocycles. The van der Waals surface area contributed by atoms with Gasteiger partial charge in [-0.1, -0.05) is 26.5 Å². The van der Waals surface area contributed by atoms with E-state index in [9.17, 15) is 4.39 Å². The molecule has 0 aliphatic rings. The van der Waals surface area contributed by atoms with Crippen molar-refractivity contribution in [3.05, 3.63) is 33.7 Å². The highest BCUT2D eigenvalue weighted by Crippen LogP contribution is 2.22. The van der Waals surface area contributed by atoms with Crippen molar-refractivity contribution in [1.82, 2.24) is 0 Å². The third kappa shape index (κ3) is 4.04. The first kappa shape index (κ1) is 11.9. The van der Waals surface area contributed by atoms with Gasteiger partial charge in [-0.2, -0.15) is 0 Å². The van der Waals surface area contributed by atoms with E-state index < -0.39 is 0 Å². The molecule has 0 N–H and O–H groups in total. The number of hydrogen-bond donors (Lipinski definition) is 0. The Hall–Kier alpha value is -0.120. The van der Waals surface area contributed by atoms with Crippen LogP contribution in [0, 0.1) is 5.92 Å². The third-order valence-electron chi connectivity index (χ3n) is 1.49. The second kappa shape index (κ2) is 5.51. The summed E-state index contributed by atoms with van der Waals surface area (Å²) in [4.78, 5) is 0. The lowest BCUT2D eigenvalue weighted by Gasteiger charge is -2.07. The van der Waals surface area contributed by atoms with Gasteiger partial charge in [0.1, 0.15) is 5.83 Å². The maximum Gasteiger partial charge on any atom is 0.127 e. The maximum atomic E-state index is 13.3. The van der Waals surface area contributed by atoms with Crippen LogP contribution in [0.1, 0.15) is 20.8 Å². The summed E-state index contributed by atoms with van der Waals surface area (Å²) in [5, 5.41) is 0. The topological polar surface area (TPSA) is 0 Å². The Morgan fingerprint density at radius 1 is 1.50 bits per heavy atom. The SMILES string of the molecule is C=C(I)/C=C(F)\C(=C/C)C(C)C. The van der Waals surface area contributed by atoms with Gasteiger partial charge in [0.2, 0.25) is 0 Å². The van der Waals surface area contributed by atoms with Crippen LogP contribution in [-0.4, -0.2) is 0 Å². The second-order valence-electron chi connectivity index (χ2n) is 2.84. The van der Waals surface area contributed by atoms with Crippen LogP contribution in [-0.2, 0) is 0 Å². The molecule has 0 aromatic carbocycles. The number of halogens is 2. The summed E-state index contributed by atoms with van der Waals surface area (Å²) in [7, 11) is 0. The zero-order chi connectivity index (χ0) is 9.72. The molecule has 2 heteroatoms. The standard InChI is InChI=1S/C10H14FI/c1-5-9(7(2)3)10(11)6-8(4)12/h5-7H,4H2,1-3H3/b9-5-,10-6+. The van der Waals surface area contributed by atoms with E-state index in [0.717, 1.165) is 5.57 Å². The van der Waals surface area contributed by atoms with Crippen molar-refractivity contribution >= 4 is 22.6 Å². The van der Waals surface area contributed by atoms with Crippen molar-refractivity contribution in [3.63, 3.8) is 0 Å². The van der Waals surface area contributed by atoms with Crippen molar-refractivity contribution in [2.45, 2.75) is 20.8 Å². The predicted molar refractivity (Wildman–Crippen MR) is 60.9 cm³/mol. The molecule has 0 radical (unpaired) electrons. The molecule has 0 amide bonds. The first-order chi connectivity index (χ1) is 5.49. The van der Waals surface area contributed by atoms with Crippen LogP contribution in [0.2, 0.25) is 0 Å². The zero-order valence-electron chi connectivity index (χ0n) is 7.70. The first-order valence-corrected chi connectivity index (χ1v) is 4.95. The Labute approximate surface area is 87.4 Å². The molecule has 0 spiro atoms. The van der Waals surface area contributed by atoms with Crippen LogP contribution in [0.15, 0.2) is 33.7 Å². The van der Waals surface area contributed by atoms with Gasteiger partial charge in [0, 0.05) is 3.58 Å². The first-order valence-electron chi connectivity index (χ1n) is 3.87. The number of rotatable bonds is 3. The Balaban J connectivity index is 4.66. The largest absolute Gasteiger partial charge is 0.207 e. The minimum atomic E-state index is -0.174. The normalized spacial score (nSPS) is 13.8. The Morgan fingerprint density at radius 2 is 2.00 bits per heavy atom. The van der Waals surface area contributed by atoms with Gasteiger partial charge >= 0.3 is 0 Å². The Morgan fingerprint density at radius 3 is 2.25 bits per heavy atom. The van der Waals surface area contributed by atoms with E-state index in [2.05, 4.69) is 6.58 Å². The van der Waals surface area contributed by atoms with Gasteiger partial charge in [-0.15, -0.1) is 0 Å². The fraction of sp³-hybridized carbons (Fsp3) is 0.400. The van der Waals surface area contributed by atoms with Gasteiger partial charge in [-0.25, -0.2) is 4.39 Å². The van der Waals surface area contributed by atoms with Crippen molar-refractivity contribution < 1.29 is 4.39 Å². The van der Waals surface area contributed by atoms with E-state index in [4.69, 9.17) is 0 Å². The molecule has 0 unspecified atom stereocenters. The maximum absolute atomic E-state index is 13.3. The molecule has 0 saturated heterocycles. The summed E-state index contributed by atoms with van der Waals surface area (Å²) in [6, 6.07) is 0. The van der Waals surface area contributed by atoms with Crippen molar-refractivity contribution in [2.75, 3.05) is 0 Å². The van der Waals surface area contributed by atoms with Gasteiger partial charge in [0.25, 0.3) is 0 Å². The molecule has 0 heterocycles. The van der Waals surface area contributed by atoms with E-state index >= 15 is 0 Å². The second-order valence-corrected chi connectivity index (χ2v) is 4.22. The summed E-state index contributed by atoms with van der Waals surface area (Å²) in [6.07, 6.45) is 3.26. The summed E-state index contributed by atoms with van der Waals surface area (Å²) in [5.41, 5.74) is 0.743. The lowest BCUT2D eigenvalue weighted by Crippen LogP contribution is -1.94. The molecule has 0 aromatic rings. The fourth-order valence-electron chi connectivity index (χ4n) is 0.968. The van der Waals surface area contributed by atoms with Crippen LogP contribution in [0.4, 0.5) is 4.39 Å². The van der Waals surface area contributed by atoms with E-state index in [1.54, 1.807) is 6.08 Å². The molecule has 0 bridgehead atoms. The van der Waals surface area contributed by atoms with Crippen molar-refractivity contribution in [1.29, 1.82) is 0 Å². The predicted octanol–water partition coefficient (Wildman–Crippen LogP) is 4.39. The fourth-order valence-corrected chi connectivity index (χ4v) is 1.24. The number of hydrogen-bond acceptors (Lipinski definition) is 0. The van der Waals surface area contributed by atoms with Gasteiger partial charge < -0.3 is 0 Å². The minimum Gasteiger partial charge on any atom is -0.207 e. The van der Waals surface area contributed by atoms with Crippen molar-refractivity contribution in [3.8, 4) is 0 Å². The third-order valence-corrected chi connectivity index (χ3v) is 1.80. The monoisotopic (exact) mass is 280 g/mol. The molecule has 0 fully saturated rings. The molecule has 0 aliphatic heterocycles. The van der Waals surface area contributed by atoms with Crippen LogP contribution in [0.5, 0.6) is 0 Å². The summed E-state index contributed by atoms with van der Waals surface area (Å²) >= 11 is 1.99. The Bertz CT molecular complexity index is 224. The lowest BCUT2D eigenvalue weighted by molar-refractivity contribution is 0.608. The average molecular weight is 280 g/mol. The zero-order valence-corrected chi connectivity index (χ0v) is 9.85. The lowest BCUT2D eigenvalue weighted by atomic mass is 10.0. The summed E-state index contributed by atoms with van der Waals surface area (Å²) in [5.74, 6) is 0.0499. The van der Waals surface area contributed by atoms with Gasteiger partial charge in [-0.05, 0) is 47.1 Å². The summed E-state index contributed by atoms with van der Waals surface area (Å²) < 4.78 is 14.0. The molecule has 0 atom stereocenters. The highest BCUT2D eigenvalue weighted by molar-refractivity contribution is 14.1. The van der Waals surface area contributed by atoms with Crippen LogP contribution >= 0.6 is 22.6 Å². The van der Waals surface area contributed by atoms with E-state index in [1.165, 1.54) is 6.08 Å². The highest BCUT2D eigenvalue weighted by Gasteiger charge is 2.07. The molecule has 0 nitrogen and oxygen atoms in total. The van der Waals surface area contributed by atoms with Crippen LogP contribution in [0.25, 0.3) is 0 Å². The molecule has 0 aliphatic carbocycles. The van der Waals surface area contributed by atoms with E-state index in [-0.39, 0.29) is 11.7 Å². The van der Waals surface area contributed by atoms with Crippen LogP contribution < -0.4 is 0 Å². The quantitative estimate of drug-likeness (QED) is 0.531. The highest BCUT2D eigenvalue weighted by atomic mass is 127. The molecule has 0 rings (SSSR count). The molecular weight excluding hydrogens is 266 g/mol. The summed E-state index contributed by atoms with van der Waals surface area (Å²) in [6.45, 7) is 9.40. The molecule has 12 heavy (non-hydrogen) atoms. The van der Waals surface area contributed by atoms with Gasteiger partial charge in [-0.3, -0.25) is 0 Å². The van der Waals surface area contributed by atoms with E-state index in [1.807, 2.05) is 43.4 Å². The smallest absolute Gasteiger partial charge is 0.127 e. The van der Waals surface area contributed by atoms with Crippen molar-refractivity contribution in [2.24, 2.45) is 5.92 Å². The van der Waals surface area contributed by atoms with Gasteiger partial charge in [0.05, 0.1) is 0 Å². The Kier molecular flexibility index (Phi) is 5.46. The molecule has 68 valence electrons. The van der Waals surface area contributed by atoms with E-state index in [0.29, 0.717) is 3.58 Å². The minimum absolute atomic E-state index is 0.174. The number of allylic oxidation sites excluding steroid dienone is 5. The average Bonchev–Trinajstić information content (AvgIpc) is 1.85. The van der Waals surface area contributed by atoms with Gasteiger partial charge in [0.15, 0.2) is 0 Å². The van der Waals surface area contributed by atoms with Crippen LogP contribution in [0.3, 0.4) is 0 Å². The molecular formula is C10H14FI.